The Bertz CT molecular complexity index is 1200. The lowest BCUT2D eigenvalue weighted by Crippen LogP contribution is -2.28. The van der Waals surface area contributed by atoms with Crippen molar-refractivity contribution in [3.05, 3.63) is 53.6 Å². The molecule has 0 saturated carbocycles. The number of rotatable bonds is 5. The van der Waals surface area contributed by atoms with Gasteiger partial charge in [0, 0.05) is 31.3 Å². The molecule has 28 heavy (non-hydrogen) atoms. The van der Waals surface area contributed by atoms with E-state index in [9.17, 15) is 18.0 Å². The lowest BCUT2D eigenvalue weighted by Gasteiger charge is -2.14. The number of carbonyl (C=O) groups is 2. The number of aromatic nitrogens is 1. The summed E-state index contributed by atoms with van der Waals surface area (Å²) in [5, 5.41) is 3.13. The Morgan fingerprint density at radius 2 is 2.04 bits per heavy atom. The highest BCUT2D eigenvalue weighted by Crippen LogP contribution is 2.28. The monoisotopic (exact) mass is 415 g/mol. The van der Waals surface area contributed by atoms with E-state index in [1.54, 1.807) is 23.1 Å². The summed E-state index contributed by atoms with van der Waals surface area (Å²) >= 11 is 1.22. The van der Waals surface area contributed by atoms with Crippen molar-refractivity contribution in [3.8, 4) is 0 Å². The van der Waals surface area contributed by atoms with Crippen molar-refractivity contribution in [3.63, 3.8) is 0 Å². The number of nitrogens with one attached hydrogen (secondary N) is 1. The number of sulfone groups is 1. The highest BCUT2D eigenvalue weighted by atomic mass is 32.2. The second-order valence-corrected chi connectivity index (χ2v) is 9.65. The number of carbonyl (C=O) groups excluding carboxylic acids is 2. The molecule has 9 heteroatoms. The zero-order valence-electron chi connectivity index (χ0n) is 15.0. The van der Waals surface area contributed by atoms with Crippen molar-refractivity contribution in [2.24, 2.45) is 0 Å². The number of nitrogens with zero attached hydrogens (tertiary/aromatic N) is 2. The van der Waals surface area contributed by atoms with E-state index in [0.717, 1.165) is 11.8 Å². The predicted octanol–water partition coefficient (Wildman–Crippen LogP) is 2.68. The van der Waals surface area contributed by atoms with Crippen LogP contribution < -0.4 is 5.32 Å². The number of amides is 2. The second-order valence-electron chi connectivity index (χ2n) is 6.60. The van der Waals surface area contributed by atoms with Crippen LogP contribution in [0.5, 0.6) is 0 Å². The van der Waals surface area contributed by atoms with E-state index in [1.807, 2.05) is 18.2 Å². The molecule has 1 aliphatic rings. The Hall–Kier alpha value is -2.78. The standard InChI is InChI=1S/C19H17N3O4S2/c1-28(25,26)13-6-7-15-16(10-13)27-19(20-15)21-17(23)8-9-22-11-12-4-2-3-5-14(12)18(22)24/h2-7,10H,8-9,11H2,1H3,(H,20,21,23). The quantitative estimate of drug-likeness (QED) is 0.691. The molecule has 2 aromatic carbocycles. The molecule has 0 fully saturated rings. The normalized spacial score (nSPS) is 13.8. The van der Waals surface area contributed by atoms with Crippen LogP contribution >= 0.6 is 11.3 Å². The smallest absolute Gasteiger partial charge is 0.254 e. The molecule has 1 N–H and O–H groups in total. The lowest BCUT2D eigenvalue weighted by molar-refractivity contribution is -0.116. The van der Waals surface area contributed by atoms with E-state index in [-0.39, 0.29) is 23.1 Å². The van der Waals surface area contributed by atoms with Gasteiger partial charge in [-0.25, -0.2) is 13.4 Å². The third kappa shape index (κ3) is 3.63. The van der Waals surface area contributed by atoms with Gasteiger partial charge in [0.15, 0.2) is 15.0 Å². The summed E-state index contributed by atoms with van der Waals surface area (Å²) < 4.78 is 24.0. The SMILES string of the molecule is CS(=O)(=O)c1ccc2nc(NC(=O)CCN3Cc4ccccc4C3=O)sc2c1. The van der Waals surface area contributed by atoms with E-state index in [4.69, 9.17) is 0 Å². The topological polar surface area (TPSA) is 96.4 Å². The Kier molecular flexibility index (Phi) is 4.64. The first-order chi connectivity index (χ1) is 13.3. The summed E-state index contributed by atoms with van der Waals surface area (Å²) in [6, 6.07) is 12.1. The van der Waals surface area contributed by atoms with Gasteiger partial charge in [0.25, 0.3) is 5.91 Å². The van der Waals surface area contributed by atoms with Crippen LogP contribution in [0.15, 0.2) is 47.4 Å². The van der Waals surface area contributed by atoms with Gasteiger partial charge in [0.05, 0.1) is 15.1 Å². The Balaban J connectivity index is 1.40. The fourth-order valence-corrected chi connectivity index (χ4v) is 4.75. The number of thiazole rings is 1. The first-order valence-corrected chi connectivity index (χ1v) is 11.3. The van der Waals surface area contributed by atoms with Gasteiger partial charge in [0.1, 0.15) is 0 Å². The minimum atomic E-state index is -3.30. The summed E-state index contributed by atoms with van der Waals surface area (Å²) in [5.74, 6) is -0.303. The fraction of sp³-hybridized carbons (Fsp3) is 0.211. The Labute approximate surface area is 165 Å². The third-order valence-electron chi connectivity index (χ3n) is 4.54. The molecule has 0 saturated heterocycles. The maximum atomic E-state index is 12.3. The van der Waals surface area contributed by atoms with Crippen LogP contribution in [-0.4, -0.2) is 42.9 Å². The molecule has 0 atom stereocenters. The molecular formula is C19H17N3O4S2. The van der Waals surface area contributed by atoms with Gasteiger partial charge in [0.2, 0.25) is 5.91 Å². The van der Waals surface area contributed by atoms with Crippen LogP contribution in [0, 0.1) is 0 Å². The summed E-state index contributed by atoms with van der Waals surface area (Å²) in [4.78, 5) is 30.8. The maximum absolute atomic E-state index is 12.3. The molecule has 1 aromatic heterocycles. The van der Waals surface area contributed by atoms with E-state index in [1.165, 1.54) is 17.4 Å². The molecule has 1 aliphatic heterocycles. The van der Waals surface area contributed by atoms with E-state index in [0.29, 0.717) is 34.0 Å². The van der Waals surface area contributed by atoms with Crippen LogP contribution in [0.2, 0.25) is 0 Å². The molecule has 0 aliphatic carbocycles. The second kappa shape index (κ2) is 6.99. The number of benzene rings is 2. The molecule has 0 bridgehead atoms. The van der Waals surface area contributed by atoms with Crippen LogP contribution in [0.3, 0.4) is 0 Å². The molecule has 0 unspecified atom stereocenters. The van der Waals surface area contributed by atoms with Gasteiger partial charge in [-0.2, -0.15) is 0 Å². The zero-order valence-corrected chi connectivity index (χ0v) is 16.6. The summed E-state index contributed by atoms with van der Waals surface area (Å²) in [6.45, 7) is 0.833. The molecule has 0 radical (unpaired) electrons. The van der Waals surface area contributed by atoms with E-state index in [2.05, 4.69) is 10.3 Å². The average Bonchev–Trinajstić information content (AvgIpc) is 3.19. The highest BCUT2D eigenvalue weighted by Gasteiger charge is 2.26. The average molecular weight is 415 g/mol. The van der Waals surface area contributed by atoms with Gasteiger partial charge in [-0.15, -0.1) is 0 Å². The number of anilines is 1. The largest absolute Gasteiger partial charge is 0.334 e. The number of hydrogen-bond donors (Lipinski definition) is 1. The van der Waals surface area contributed by atoms with E-state index < -0.39 is 9.84 Å². The Morgan fingerprint density at radius 1 is 1.25 bits per heavy atom. The molecule has 2 heterocycles. The fourth-order valence-electron chi connectivity index (χ4n) is 3.10. The van der Waals surface area contributed by atoms with Gasteiger partial charge in [-0.1, -0.05) is 29.5 Å². The van der Waals surface area contributed by atoms with Crippen LogP contribution in [0.25, 0.3) is 10.2 Å². The van der Waals surface area contributed by atoms with Crippen molar-refractivity contribution >= 4 is 48.3 Å². The van der Waals surface area contributed by atoms with Crippen LogP contribution in [-0.2, 0) is 21.2 Å². The van der Waals surface area contributed by atoms with Crippen molar-refractivity contribution < 1.29 is 18.0 Å². The van der Waals surface area contributed by atoms with Crippen molar-refractivity contribution in [2.75, 3.05) is 18.1 Å². The lowest BCUT2D eigenvalue weighted by atomic mass is 10.1. The molecule has 0 spiro atoms. The molecule has 2 amide bonds. The predicted molar refractivity (Wildman–Crippen MR) is 107 cm³/mol. The maximum Gasteiger partial charge on any atom is 0.254 e. The first-order valence-electron chi connectivity index (χ1n) is 8.59. The molecule has 3 aromatic rings. The van der Waals surface area contributed by atoms with Crippen molar-refractivity contribution in [2.45, 2.75) is 17.9 Å². The van der Waals surface area contributed by atoms with Crippen LogP contribution in [0.1, 0.15) is 22.3 Å². The van der Waals surface area contributed by atoms with Crippen molar-refractivity contribution in [1.29, 1.82) is 0 Å². The summed E-state index contributed by atoms with van der Waals surface area (Å²) in [5.41, 5.74) is 2.29. The van der Waals surface area contributed by atoms with Gasteiger partial charge in [-0.05, 0) is 29.8 Å². The summed E-state index contributed by atoms with van der Waals surface area (Å²) in [6.07, 6.45) is 1.31. The minimum Gasteiger partial charge on any atom is -0.334 e. The summed E-state index contributed by atoms with van der Waals surface area (Å²) in [7, 11) is -3.30. The number of hydrogen-bond acceptors (Lipinski definition) is 6. The zero-order chi connectivity index (χ0) is 19.9. The first kappa shape index (κ1) is 18.6. The van der Waals surface area contributed by atoms with Gasteiger partial charge < -0.3 is 10.2 Å². The highest BCUT2D eigenvalue weighted by molar-refractivity contribution is 7.90. The molecule has 7 nitrogen and oxygen atoms in total. The van der Waals surface area contributed by atoms with E-state index >= 15 is 0 Å². The molecule has 144 valence electrons. The molecule has 4 rings (SSSR count). The molecular weight excluding hydrogens is 398 g/mol. The third-order valence-corrected chi connectivity index (χ3v) is 6.58. The van der Waals surface area contributed by atoms with Gasteiger partial charge in [-0.3, -0.25) is 9.59 Å². The minimum absolute atomic E-state index is 0.0586. The number of fused-ring (bicyclic) bond motifs is 2. The van der Waals surface area contributed by atoms with Crippen molar-refractivity contribution in [1.82, 2.24) is 9.88 Å². The van der Waals surface area contributed by atoms with Gasteiger partial charge >= 0.3 is 0 Å². The Morgan fingerprint density at radius 3 is 2.79 bits per heavy atom. The van der Waals surface area contributed by atoms with Crippen LogP contribution in [0.4, 0.5) is 5.13 Å².